The second-order valence-corrected chi connectivity index (χ2v) is 4.92. The molecule has 3 nitrogen and oxygen atoms in total. The quantitative estimate of drug-likeness (QED) is 0.478. The minimum Gasteiger partial charge on any atom is -0.479 e. The van der Waals surface area contributed by atoms with E-state index in [0.29, 0.717) is 6.42 Å². The zero-order valence-electron chi connectivity index (χ0n) is 12.9. The monoisotopic (exact) mass is 290 g/mol. The van der Waals surface area contributed by atoms with Crippen molar-refractivity contribution in [1.29, 1.82) is 0 Å². The number of allylic oxidation sites excluding steroid dienone is 2. The van der Waals surface area contributed by atoms with E-state index in [1.54, 1.807) is 0 Å². The molecule has 0 aromatic rings. The number of hydrogen-bond donors (Lipinski definition) is 2. The van der Waals surface area contributed by atoms with E-state index in [1.165, 1.54) is 12.8 Å². The summed E-state index contributed by atoms with van der Waals surface area (Å²) in [4.78, 5) is 10.4. The number of carboxylic acids is 1. The predicted octanol–water partition coefficient (Wildman–Crippen LogP) is 3.53. The third-order valence-electron chi connectivity index (χ3n) is 2.96. The average molecular weight is 290 g/mol. The van der Waals surface area contributed by atoms with Crippen LogP contribution in [0.5, 0.6) is 0 Å². The molecule has 3 heteroatoms. The maximum atomic E-state index is 10.4. The topological polar surface area (TPSA) is 57.5 Å². The Bertz CT molecular complexity index is 415. The lowest BCUT2D eigenvalue weighted by Crippen LogP contribution is -2.18. The van der Waals surface area contributed by atoms with Gasteiger partial charge in [-0.2, -0.15) is 0 Å². The molecule has 2 N–H and O–H groups in total. The summed E-state index contributed by atoms with van der Waals surface area (Å²) in [6.07, 6.45) is 11.0. The maximum Gasteiger partial charge on any atom is 0.332 e. The number of unbranched alkanes of at least 4 members (excludes halogenated alkanes) is 6. The van der Waals surface area contributed by atoms with Crippen LogP contribution in [0, 0.1) is 23.7 Å². The number of aliphatic hydroxyl groups is 1. The van der Waals surface area contributed by atoms with Crippen LogP contribution in [0.2, 0.25) is 0 Å². The van der Waals surface area contributed by atoms with Gasteiger partial charge in [-0.05, 0) is 43.6 Å². The van der Waals surface area contributed by atoms with Crippen LogP contribution in [0.4, 0.5) is 0 Å². The Morgan fingerprint density at radius 3 is 2.67 bits per heavy atom. The molecule has 0 rings (SSSR count). The Kier molecular flexibility index (Phi) is 13.5. The van der Waals surface area contributed by atoms with Gasteiger partial charge in [-0.25, -0.2) is 4.79 Å². The van der Waals surface area contributed by atoms with Crippen LogP contribution < -0.4 is 0 Å². The Labute approximate surface area is 128 Å². The number of carboxylic acid groups (broad SMARTS) is 1. The summed E-state index contributed by atoms with van der Waals surface area (Å²) in [5, 5.41) is 17.6. The van der Waals surface area contributed by atoms with Crippen LogP contribution in [-0.2, 0) is 4.79 Å². The first kappa shape index (κ1) is 19.3. The van der Waals surface area contributed by atoms with Gasteiger partial charge in [0.05, 0.1) is 0 Å². The Hall–Kier alpha value is -1.71. The van der Waals surface area contributed by atoms with E-state index in [0.717, 1.165) is 38.5 Å². The van der Waals surface area contributed by atoms with Crippen LogP contribution in [0.1, 0.15) is 64.7 Å². The number of aliphatic hydroxyl groups excluding tert-OH is 1. The van der Waals surface area contributed by atoms with Crippen LogP contribution in [0.15, 0.2) is 12.2 Å². The highest BCUT2D eigenvalue weighted by atomic mass is 16.4. The first-order valence-electron chi connectivity index (χ1n) is 7.72. The summed E-state index contributed by atoms with van der Waals surface area (Å²) >= 11 is 0. The third-order valence-corrected chi connectivity index (χ3v) is 2.96. The molecule has 0 aliphatic rings. The van der Waals surface area contributed by atoms with E-state index >= 15 is 0 Å². The number of carbonyl (C=O) groups is 1. The van der Waals surface area contributed by atoms with Crippen molar-refractivity contribution in [1.82, 2.24) is 0 Å². The molecule has 0 radical (unpaired) electrons. The van der Waals surface area contributed by atoms with E-state index in [2.05, 4.69) is 30.6 Å². The van der Waals surface area contributed by atoms with E-state index in [1.807, 2.05) is 12.2 Å². The minimum atomic E-state index is -1.22. The molecule has 0 saturated heterocycles. The van der Waals surface area contributed by atoms with Crippen molar-refractivity contribution in [2.45, 2.75) is 70.8 Å². The fraction of sp³-hybridized carbons (Fsp3) is 0.611. The molecule has 0 aromatic heterocycles. The molecule has 0 fully saturated rings. The van der Waals surface area contributed by atoms with E-state index in [9.17, 15) is 4.79 Å². The van der Waals surface area contributed by atoms with Crippen LogP contribution in [-0.4, -0.2) is 22.3 Å². The van der Waals surface area contributed by atoms with Crippen molar-refractivity contribution in [2.24, 2.45) is 0 Å². The van der Waals surface area contributed by atoms with Crippen molar-refractivity contribution in [3.8, 4) is 23.7 Å². The summed E-state index contributed by atoms with van der Waals surface area (Å²) in [6, 6.07) is 0. The summed E-state index contributed by atoms with van der Waals surface area (Å²) in [5.74, 6) is 10.4. The molecule has 0 aliphatic carbocycles. The average Bonchev–Trinajstić information content (AvgIpc) is 2.47. The highest BCUT2D eigenvalue weighted by Crippen LogP contribution is 2.06. The summed E-state index contributed by atoms with van der Waals surface area (Å²) in [6.45, 7) is 2.17. The lowest BCUT2D eigenvalue weighted by atomic mass is 10.1. The summed E-state index contributed by atoms with van der Waals surface area (Å²) in [5.41, 5.74) is 0. The van der Waals surface area contributed by atoms with Crippen molar-refractivity contribution < 1.29 is 15.0 Å². The normalized spacial score (nSPS) is 11.3. The Morgan fingerprint density at radius 2 is 1.95 bits per heavy atom. The summed E-state index contributed by atoms with van der Waals surface area (Å²) < 4.78 is 0. The van der Waals surface area contributed by atoms with Crippen LogP contribution >= 0.6 is 0 Å². The Balaban J connectivity index is 3.50. The fourth-order valence-corrected chi connectivity index (χ4v) is 1.69. The standard InChI is InChI=1S/C18H26O3/c1-2-3-4-5-6-7-8-9-10-11-12-13-14-15-16-17(19)18(20)21/h10-11,17,19H,2-5,12-16H2,1H3,(H,20,21). The molecule has 0 aromatic carbocycles. The smallest absolute Gasteiger partial charge is 0.332 e. The second-order valence-electron chi connectivity index (χ2n) is 4.92. The van der Waals surface area contributed by atoms with Crippen molar-refractivity contribution in [3.63, 3.8) is 0 Å². The van der Waals surface area contributed by atoms with Gasteiger partial charge >= 0.3 is 5.97 Å². The zero-order valence-corrected chi connectivity index (χ0v) is 12.9. The minimum absolute atomic E-state index is 0.326. The summed E-state index contributed by atoms with van der Waals surface area (Å²) in [7, 11) is 0. The highest BCUT2D eigenvalue weighted by Gasteiger charge is 2.11. The van der Waals surface area contributed by atoms with Crippen LogP contribution in [0.25, 0.3) is 0 Å². The SMILES string of the molecule is CCCCCC#CC#CC=CCCCCCC(O)C(=O)O. The highest BCUT2D eigenvalue weighted by molar-refractivity contribution is 5.71. The number of aliphatic carboxylic acids is 1. The number of hydrogen-bond acceptors (Lipinski definition) is 2. The molecule has 0 amide bonds. The lowest BCUT2D eigenvalue weighted by Gasteiger charge is -2.03. The van der Waals surface area contributed by atoms with Gasteiger partial charge in [0.2, 0.25) is 0 Å². The third kappa shape index (κ3) is 14.5. The number of rotatable bonds is 10. The van der Waals surface area contributed by atoms with Crippen LogP contribution in [0.3, 0.4) is 0 Å². The fourth-order valence-electron chi connectivity index (χ4n) is 1.69. The maximum absolute atomic E-state index is 10.4. The molecule has 0 spiro atoms. The second kappa shape index (κ2) is 14.7. The van der Waals surface area contributed by atoms with Gasteiger partial charge in [0.25, 0.3) is 0 Å². The van der Waals surface area contributed by atoms with Gasteiger partial charge in [0.15, 0.2) is 6.10 Å². The molecule has 1 unspecified atom stereocenters. The van der Waals surface area contributed by atoms with Gasteiger partial charge < -0.3 is 10.2 Å². The van der Waals surface area contributed by atoms with Crippen molar-refractivity contribution >= 4 is 5.97 Å². The lowest BCUT2D eigenvalue weighted by molar-refractivity contribution is -0.146. The van der Waals surface area contributed by atoms with E-state index in [-0.39, 0.29) is 0 Å². The zero-order chi connectivity index (χ0) is 15.8. The molecule has 116 valence electrons. The molecular weight excluding hydrogens is 264 g/mol. The van der Waals surface area contributed by atoms with E-state index < -0.39 is 12.1 Å². The van der Waals surface area contributed by atoms with Crippen molar-refractivity contribution in [3.05, 3.63) is 12.2 Å². The largest absolute Gasteiger partial charge is 0.479 e. The first-order valence-corrected chi connectivity index (χ1v) is 7.72. The molecule has 0 heterocycles. The molecular formula is C18H26O3. The van der Waals surface area contributed by atoms with Gasteiger partial charge in [0.1, 0.15) is 0 Å². The molecule has 21 heavy (non-hydrogen) atoms. The van der Waals surface area contributed by atoms with Gasteiger partial charge in [0, 0.05) is 6.42 Å². The molecule has 0 bridgehead atoms. The van der Waals surface area contributed by atoms with Crippen molar-refractivity contribution in [2.75, 3.05) is 0 Å². The van der Waals surface area contributed by atoms with Gasteiger partial charge in [-0.15, -0.1) is 0 Å². The van der Waals surface area contributed by atoms with Gasteiger partial charge in [-0.3, -0.25) is 0 Å². The predicted molar refractivity (Wildman–Crippen MR) is 85.6 cm³/mol. The molecule has 0 aliphatic heterocycles. The molecule has 0 saturated carbocycles. The Morgan fingerprint density at radius 1 is 1.14 bits per heavy atom. The van der Waals surface area contributed by atoms with E-state index in [4.69, 9.17) is 10.2 Å². The first-order chi connectivity index (χ1) is 10.2. The molecule has 1 atom stereocenters. The van der Waals surface area contributed by atoms with Gasteiger partial charge in [-0.1, -0.05) is 50.5 Å².